The van der Waals surface area contributed by atoms with Crippen molar-refractivity contribution in [2.45, 2.75) is 24.8 Å². The molecule has 1 N–H and O–H groups in total. The van der Waals surface area contributed by atoms with E-state index < -0.39 is 0 Å². The van der Waals surface area contributed by atoms with Crippen LogP contribution in [-0.4, -0.2) is 12.1 Å². The zero-order valence-electron chi connectivity index (χ0n) is 6.40. The van der Waals surface area contributed by atoms with Gasteiger partial charge < -0.3 is 5.32 Å². The van der Waals surface area contributed by atoms with Gasteiger partial charge in [0.1, 0.15) is 0 Å². The van der Waals surface area contributed by atoms with Crippen molar-refractivity contribution in [3.63, 3.8) is 0 Å². The van der Waals surface area contributed by atoms with E-state index in [1.807, 2.05) is 12.2 Å². The molecule has 0 aliphatic carbocycles. The molecule has 1 fully saturated rings. The van der Waals surface area contributed by atoms with E-state index in [-0.39, 0.29) is 5.54 Å². The molecule has 1 atom stereocenters. The fraction of sp³-hybridized carbons (Fsp3) is 0.556. The highest BCUT2D eigenvalue weighted by Gasteiger charge is 2.27. The van der Waals surface area contributed by atoms with Gasteiger partial charge in [-0.25, -0.2) is 0 Å². The summed E-state index contributed by atoms with van der Waals surface area (Å²) in [6.07, 6.45) is 7.46. The molecule has 1 heteroatoms. The molecule has 1 aliphatic rings. The second-order valence-corrected chi connectivity index (χ2v) is 2.88. The van der Waals surface area contributed by atoms with Crippen LogP contribution in [0.2, 0.25) is 0 Å². The molecule has 10 heavy (non-hydrogen) atoms. The Morgan fingerprint density at radius 3 is 2.70 bits per heavy atom. The van der Waals surface area contributed by atoms with E-state index in [4.69, 9.17) is 0 Å². The SMILES string of the molecule is C=CCC1(C=C)CCCN1. The van der Waals surface area contributed by atoms with Crippen LogP contribution in [0.25, 0.3) is 0 Å². The quantitative estimate of drug-likeness (QED) is 0.585. The molecule has 0 aromatic heterocycles. The molecule has 1 saturated heterocycles. The summed E-state index contributed by atoms with van der Waals surface area (Å²) in [7, 11) is 0. The van der Waals surface area contributed by atoms with Crippen molar-refractivity contribution in [3.8, 4) is 0 Å². The summed E-state index contributed by atoms with van der Waals surface area (Å²) in [5.74, 6) is 0. The number of hydrogen-bond donors (Lipinski definition) is 1. The zero-order valence-corrected chi connectivity index (χ0v) is 6.40. The van der Waals surface area contributed by atoms with E-state index in [9.17, 15) is 0 Å². The van der Waals surface area contributed by atoms with Gasteiger partial charge in [0.2, 0.25) is 0 Å². The molecule has 0 saturated carbocycles. The highest BCUT2D eigenvalue weighted by atomic mass is 15.0. The first-order valence-electron chi connectivity index (χ1n) is 3.82. The average Bonchev–Trinajstić information content (AvgIpc) is 2.39. The van der Waals surface area contributed by atoms with Crippen molar-refractivity contribution in [2.24, 2.45) is 0 Å². The number of nitrogens with one attached hydrogen (secondary N) is 1. The first-order valence-corrected chi connectivity index (χ1v) is 3.82. The molecule has 0 aromatic rings. The summed E-state index contributed by atoms with van der Waals surface area (Å²) in [6, 6.07) is 0. The van der Waals surface area contributed by atoms with E-state index >= 15 is 0 Å². The lowest BCUT2D eigenvalue weighted by atomic mass is 9.94. The van der Waals surface area contributed by atoms with Gasteiger partial charge in [-0.3, -0.25) is 0 Å². The molecule has 0 amide bonds. The Morgan fingerprint density at radius 1 is 1.50 bits per heavy atom. The van der Waals surface area contributed by atoms with E-state index in [0.29, 0.717) is 0 Å². The Bertz CT molecular complexity index is 132. The lowest BCUT2D eigenvalue weighted by Crippen LogP contribution is -2.36. The maximum atomic E-state index is 3.82. The predicted octanol–water partition coefficient (Wildman–Crippen LogP) is 1.87. The van der Waals surface area contributed by atoms with Gasteiger partial charge in [0.05, 0.1) is 0 Å². The van der Waals surface area contributed by atoms with Gasteiger partial charge in [0.25, 0.3) is 0 Å². The van der Waals surface area contributed by atoms with Crippen molar-refractivity contribution in [1.82, 2.24) is 5.32 Å². The maximum Gasteiger partial charge on any atom is 0.0396 e. The van der Waals surface area contributed by atoms with Crippen LogP contribution in [0.3, 0.4) is 0 Å². The Balaban J connectivity index is 2.57. The summed E-state index contributed by atoms with van der Waals surface area (Å²) >= 11 is 0. The highest BCUT2D eigenvalue weighted by Crippen LogP contribution is 2.23. The fourth-order valence-electron chi connectivity index (χ4n) is 1.52. The smallest absolute Gasteiger partial charge is 0.0396 e. The van der Waals surface area contributed by atoms with Crippen molar-refractivity contribution in [3.05, 3.63) is 25.3 Å². The van der Waals surface area contributed by atoms with Crippen LogP contribution in [0.4, 0.5) is 0 Å². The minimum atomic E-state index is 0.182. The summed E-state index contributed by atoms with van der Waals surface area (Å²) in [5.41, 5.74) is 0.182. The molecule has 1 heterocycles. The van der Waals surface area contributed by atoms with Gasteiger partial charge in [-0.2, -0.15) is 0 Å². The second kappa shape index (κ2) is 3.02. The van der Waals surface area contributed by atoms with Crippen LogP contribution in [-0.2, 0) is 0 Å². The van der Waals surface area contributed by atoms with Gasteiger partial charge in [-0.1, -0.05) is 12.2 Å². The zero-order chi connectivity index (χ0) is 7.45. The summed E-state index contributed by atoms with van der Waals surface area (Å²) in [5, 5.41) is 3.43. The predicted molar refractivity (Wildman–Crippen MR) is 45.0 cm³/mol. The van der Waals surface area contributed by atoms with Crippen molar-refractivity contribution in [2.75, 3.05) is 6.54 Å². The highest BCUT2D eigenvalue weighted by molar-refractivity contribution is 5.08. The molecule has 56 valence electrons. The lowest BCUT2D eigenvalue weighted by molar-refractivity contribution is 0.478. The fourth-order valence-corrected chi connectivity index (χ4v) is 1.52. The van der Waals surface area contributed by atoms with E-state index in [1.165, 1.54) is 12.8 Å². The molecular weight excluding hydrogens is 122 g/mol. The van der Waals surface area contributed by atoms with Gasteiger partial charge in [-0.15, -0.1) is 13.2 Å². The third-order valence-electron chi connectivity index (χ3n) is 2.18. The molecule has 1 aliphatic heterocycles. The average molecular weight is 137 g/mol. The van der Waals surface area contributed by atoms with E-state index in [0.717, 1.165) is 13.0 Å². The number of hydrogen-bond acceptors (Lipinski definition) is 1. The van der Waals surface area contributed by atoms with Gasteiger partial charge in [0.15, 0.2) is 0 Å². The van der Waals surface area contributed by atoms with Crippen molar-refractivity contribution < 1.29 is 0 Å². The molecule has 0 bridgehead atoms. The third-order valence-corrected chi connectivity index (χ3v) is 2.18. The van der Waals surface area contributed by atoms with Crippen LogP contribution >= 0.6 is 0 Å². The molecule has 0 spiro atoms. The molecule has 1 rings (SSSR count). The second-order valence-electron chi connectivity index (χ2n) is 2.88. The maximum absolute atomic E-state index is 3.82. The van der Waals surface area contributed by atoms with Crippen LogP contribution in [0.5, 0.6) is 0 Å². The first-order chi connectivity index (χ1) is 4.83. The minimum Gasteiger partial charge on any atom is -0.308 e. The molecule has 1 nitrogen and oxygen atoms in total. The Kier molecular flexibility index (Phi) is 2.28. The number of rotatable bonds is 3. The van der Waals surface area contributed by atoms with Gasteiger partial charge in [0, 0.05) is 5.54 Å². The first kappa shape index (κ1) is 7.55. The van der Waals surface area contributed by atoms with Crippen molar-refractivity contribution in [1.29, 1.82) is 0 Å². The largest absolute Gasteiger partial charge is 0.308 e. The Morgan fingerprint density at radius 2 is 2.30 bits per heavy atom. The molecule has 0 radical (unpaired) electrons. The Hall–Kier alpha value is -0.560. The topological polar surface area (TPSA) is 12.0 Å². The summed E-state index contributed by atoms with van der Waals surface area (Å²) in [6.45, 7) is 8.68. The summed E-state index contributed by atoms with van der Waals surface area (Å²) in [4.78, 5) is 0. The third kappa shape index (κ3) is 1.29. The van der Waals surface area contributed by atoms with Gasteiger partial charge >= 0.3 is 0 Å². The Labute approximate surface area is 62.8 Å². The van der Waals surface area contributed by atoms with E-state index in [1.54, 1.807) is 0 Å². The molecular formula is C9H15N. The minimum absolute atomic E-state index is 0.182. The monoisotopic (exact) mass is 137 g/mol. The van der Waals surface area contributed by atoms with Crippen LogP contribution in [0, 0.1) is 0 Å². The molecule has 0 aromatic carbocycles. The summed E-state index contributed by atoms with van der Waals surface area (Å²) < 4.78 is 0. The lowest BCUT2D eigenvalue weighted by Gasteiger charge is -2.23. The van der Waals surface area contributed by atoms with E-state index in [2.05, 4.69) is 18.5 Å². The van der Waals surface area contributed by atoms with Crippen LogP contribution in [0.1, 0.15) is 19.3 Å². The van der Waals surface area contributed by atoms with Gasteiger partial charge in [-0.05, 0) is 25.8 Å². The van der Waals surface area contributed by atoms with Crippen molar-refractivity contribution >= 4 is 0 Å². The van der Waals surface area contributed by atoms with Crippen LogP contribution < -0.4 is 5.32 Å². The van der Waals surface area contributed by atoms with Crippen LogP contribution in [0.15, 0.2) is 25.3 Å². The molecule has 1 unspecified atom stereocenters. The standard InChI is InChI=1S/C9H15N/c1-3-6-9(4-2)7-5-8-10-9/h3-4,10H,1-2,5-8H2. The normalized spacial score (nSPS) is 32.0.